The van der Waals surface area contributed by atoms with Crippen molar-refractivity contribution in [2.24, 2.45) is 5.92 Å². The molecule has 1 saturated heterocycles. The molecule has 1 aliphatic rings. The summed E-state index contributed by atoms with van der Waals surface area (Å²) < 4.78 is 6.86. The van der Waals surface area contributed by atoms with Gasteiger partial charge < -0.3 is 14.6 Å². The van der Waals surface area contributed by atoms with E-state index in [1.165, 1.54) is 6.26 Å². The molecule has 1 unspecified atom stereocenters. The van der Waals surface area contributed by atoms with E-state index in [-0.39, 0.29) is 17.7 Å². The fourth-order valence-corrected chi connectivity index (χ4v) is 3.43. The SMILES string of the molecule is O=C(NCc1cccnc1-n1cccn1)C1CCCN(C(=O)c2ccco2)C1. The van der Waals surface area contributed by atoms with Crippen LogP contribution in [-0.2, 0) is 11.3 Å². The van der Waals surface area contributed by atoms with Crippen molar-refractivity contribution in [2.45, 2.75) is 19.4 Å². The van der Waals surface area contributed by atoms with Crippen LogP contribution in [0.2, 0.25) is 0 Å². The van der Waals surface area contributed by atoms with Crippen LogP contribution in [0.5, 0.6) is 0 Å². The van der Waals surface area contributed by atoms with Gasteiger partial charge in [0.05, 0.1) is 12.2 Å². The molecule has 144 valence electrons. The summed E-state index contributed by atoms with van der Waals surface area (Å²) in [4.78, 5) is 31.2. The van der Waals surface area contributed by atoms with Crippen LogP contribution in [0.3, 0.4) is 0 Å². The first-order valence-electron chi connectivity index (χ1n) is 9.27. The number of nitrogens with zero attached hydrogens (tertiary/aromatic N) is 4. The minimum absolute atomic E-state index is 0.0628. The normalized spacial score (nSPS) is 16.7. The Morgan fingerprint density at radius 3 is 2.93 bits per heavy atom. The number of piperidine rings is 1. The van der Waals surface area contributed by atoms with Gasteiger partial charge in [0, 0.05) is 43.8 Å². The van der Waals surface area contributed by atoms with E-state index in [9.17, 15) is 9.59 Å². The zero-order chi connectivity index (χ0) is 19.3. The van der Waals surface area contributed by atoms with Crippen molar-refractivity contribution in [3.05, 3.63) is 66.5 Å². The monoisotopic (exact) mass is 379 g/mol. The zero-order valence-corrected chi connectivity index (χ0v) is 15.3. The van der Waals surface area contributed by atoms with Crippen molar-refractivity contribution >= 4 is 11.8 Å². The number of amides is 2. The Kier molecular flexibility index (Phi) is 5.18. The van der Waals surface area contributed by atoms with Crippen molar-refractivity contribution in [1.82, 2.24) is 25.0 Å². The molecule has 3 aromatic heterocycles. The lowest BCUT2D eigenvalue weighted by atomic mass is 9.97. The van der Waals surface area contributed by atoms with Gasteiger partial charge in [0.1, 0.15) is 0 Å². The zero-order valence-electron chi connectivity index (χ0n) is 15.3. The molecule has 4 heterocycles. The van der Waals surface area contributed by atoms with Crippen LogP contribution in [0.15, 0.2) is 59.6 Å². The molecule has 0 bridgehead atoms. The van der Waals surface area contributed by atoms with E-state index in [1.807, 2.05) is 24.4 Å². The average Bonchev–Trinajstić information content (AvgIpc) is 3.46. The maximum Gasteiger partial charge on any atom is 0.289 e. The van der Waals surface area contributed by atoms with Crippen molar-refractivity contribution in [3.8, 4) is 5.82 Å². The molecule has 28 heavy (non-hydrogen) atoms. The predicted molar refractivity (Wildman–Crippen MR) is 101 cm³/mol. The van der Waals surface area contributed by atoms with E-state index in [0.29, 0.717) is 31.2 Å². The van der Waals surface area contributed by atoms with Crippen molar-refractivity contribution in [1.29, 1.82) is 0 Å². The highest BCUT2D eigenvalue weighted by atomic mass is 16.3. The number of aromatic nitrogens is 3. The highest BCUT2D eigenvalue weighted by Gasteiger charge is 2.29. The van der Waals surface area contributed by atoms with E-state index < -0.39 is 0 Å². The van der Waals surface area contributed by atoms with E-state index in [1.54, 1.807) is 34.1 Å². The number of likely N-dealkylation sites (tertiary alicyclic amines) is 1. The molecule has 0 aliphatic carbocycles. The summed E-state index contributed by atoms with van der Waals surface area (Å²) in [6, 6.07) is 8.90. The number of nitrogens with one attached hydrogen (secondary N) is 1. The first-order valence-corrected chi connectivity index (χ1v) is 9.27. The number of pyridine rings is 1. The number of hydrogen-bond donors (Lipinski definition) is 1. The van der Waals surface area contributed by atoms with E-state index in [4.69, 9.17) is 4.42 Å². The van der Waals surface area contributed by atoms with Gasteiger partial charge >= 0.3 is 0 Å². The molecule has 0 saturated carbocycles. The van der Waals surface area contributed by atoms with Crippen molar-refractivity contribution < 1.29 is 14.0 Å². The summed E-state index contributed by atoms with van der Waals surface area (Å²) >= 11 is 0. The van der Waals surface area contributed by atoms with Crippen molar-refractivity contribution in [3.63, 3.8) is 0 Å². The second-order valence-electron chi connectivity index (χ2n) is 6.72. The largest absolute Gasteiger partial charge is 0.459 e. The molecule has 1 atom stereocenters. The average molecular weight is 379 g/mol. The Morgan fingerprint density at radius 1 is 1.21 bits per heavy atom. The number of carbonyl (C=O) groups is 2. The van der Waals surface area contributed by atoms with Crippen LogP contribution in [0, 0.1) is 5.92 Å². The van der Waals surface area contributed by atoms with Gasteiger partial charge in [-0.3, -0.25) is 9.59 Å². The minimum Gasteiger partial charge on any atom is -0.459 e. The first kappa shape index (κ1) is 18.0. The van der Waals surface area contributed by atoms with Crippen LogP contribution in [0.1, 0.15) is 29.0 Å². The summed E-state index contributed by atoms with van der Waals surface area (Å²) in [5, 5.41) is 7.19. The third-order valence-corrected chi connectivity index (χ3v) is 4.85. The third kappa shape index (κ3) is 3.80. The van der Waals surface area contributed by atoms with Crippen LogP contribution in [0.25, 0.3) is 5.82 Å². The molecule has 3 aromatic rings. The van der Waals surface area contributed by atoms with Crippen LogP contribution < -0.4 is 5.32 Å². The molecule has 0 radical (unpaired) electrons. The number of hydrogen-bond acceptors (Lipinski definition) is 5. The Labute approximate surface area is 162 Å². The molecule has 2 amide bonds. The Morgan fingerprint density at radius 2 is 2.14 bits per heavy atom. The molecule has 0 spiro atoms. The van der Waals surface area contributed by atoms with E-state index >= 15 is 0 Å². The maximum absolute atomic E-state index is 12.7. The van der Waals surface area contributed by atoms with Gasteiger partial charge in [-0.15, -0.1) is 0 Å². The van der Waals surface area contributed by atoms with E-state index in [2.05, 4.69) is 15.4 Å². The molecule has 1 aliphatic heterocycles. The Balaban J connectivity index is 1.39. The lowest BCUT2D eigenvalue weighted by molar-refractivity contribution is -0.126. The number of furan rings is 1. The summed E-state index contributed by atoms with van der Waals surface area (Å²) in [7, 11) is 0. The van der Waals surface area contributed by atoms with Crippen LogP contribution >= 0.6 is 0 Å². The highest BCUT2D eigenvalue weighted by Crippen LogP contribution is 2.19. The quantitative estimate of drug-likeness (QED) is 0.732. The lowest BCUT2D eigenvalue weighted by Gasteiger charge is -2.31. The first-order chi connectivity index (χ1) is 13.7. The maximum atomic E-state index is 12.7. The topological polar surface area (TPSA) is 93.3 Å². The standard InChI is InChI=1S/C20H21N5O3/c26-19(16-6-2-10-24(14-16)20(27)17-7-3-12-28-17)22-13-15-5-1-8-21-18(15)25-11-4-9-23-25/h1,3-5,7-9,11-12,16H,2,6,10,13-14H2,(H,22,26). The summed E-state index contributed by atoms with van der Waals surface area (Å²) in [5.74, 6) is 0.520. The summed E-state index contributed by atoms with van der Waals surface area (Å²) in [6.07, 6.45) is 8.22. The third-order valence-electron chi connectivity index (χ3n) is 4.85. The molecular weight excluding hydrogens is 358 g/mol. The molecule has 8 nitrogen and oxygen atoms in total. The fraction of sp³-hybridized carbons (Fsp3) is 0.300. The smallest absolute Gasteiger partial charge is 0.289 e. The predicted octanol–water partition coefficient (Wildman–Crippen LogP) is 2.03. The summed E-state index contributed by atoms with van der Waals surface area (Å²) in [5.41, 5.74) is 0.874. The van der Waals surface area contributed by atoms with Crippen LogP contribution in [0.4, 0.5) is 0 Å². The lowest BCUT2D eigenvalue weighted by Crippen LogP contribution is -2.45. The van der Waals surface area contributed by atoms with Crippen LogP contribution in [-0.4, -0.2) is 44.6 Å². The molecule has 4 rings (SSSR count). The second-order valence-corrected chi connectivity index (χ2v) is 6.72. The van der Waals surface area contributed by atoms with Gasteiger partial charge in [-0.05, 0) is 37.1 Å². The van der Waals surface area contributed by atoms with E-state index in [0.717, 1.165) is 18.4 Å². The second kappa shape index (κ2) is 8.08. The number of carbonyl (C=O) groups excluding carboxylic acids is 2. The molecular formula is C20H21N5O3. The Hall–Kier alpha value is -3.42. The molecule has 0 aromatic carbocycles. The van der Waals surface area contributed by atoms with Crippen molar-refractivity contribution in [2.75, 3.05) is 13.1 Å². The Bertz CT molecular complexity index is 937. The minimum atomic E-state index is -0.238. The molecule has 8 heteroatoms. The van der Waals surface area contributed by atoms with Gasteiger partial charge in [-0.1, -0.05) is 6.07 Å². The van der Waals surface area contributed by atoms with Gasteiger partial charge in [0.25, 0.3) is 5.91 Å². The van der Waals surface area contributed by atoms with Gasteiger partial charge in [-0.25, -0.2) is 9.67 Å². The van der Waals surface area contributed by atoms with Gasteiger partial charge in [0.2, 0.25) is 5.91 Å². The van der Waals surface area contributed by atoms with Gasteiger partial charge in [-0.2, -0.15) is 5.10 Å². The summed E-state index contributed by atoms with van der Waals surface area (Å²) in [6.45, 7) is 1.38. The number of rotatable bonds is 5. The molecule has 1 N–H and O–H groups in total. The molecule has 1 fully saturated rings. The fourth-order valence-electron chi connectivity index (χ4n) is 3.43. The highest BCUT2D eigenvalue weighted by molar-refractivity contribution is 5.92. The van der Waals surface area contributed by atoms with Gasteiger partial charge in [0.15, 0.2) is 11.6 Å².